The topological polar surface area (TPSA) is 53.5 Å². The van der Waals surface area contributed by atoms with Gasteiger partial charge >= 0.3 is 0 Å². The number of nitrogens with zero attached hydrogens (tertiary/aromatic N) is 3. The van der Waals surface area contributed by atoms with Gasteiger partial charge in [0.1, 0.15) is 0 Å². The van der Waals surface area contributed by atoms with E-state index in [1.165, 1.54) is 4.90 Å². The number of rotatable bonds is 5. The van der Waals surface area contributed by atoms with E-state index in [2.05, 4.69) is 4.98 Å². The van der Waals surface area contributed by atoms with Crippen LogP contribution >= 0.6 is 11.3 Å². The first-order chi connectivity index (χ1) is 10.6. The maximum absolute atomic E-state index is 12.5. The second-order valence-corrected chi connectivity index (χ2v) is 6.38. The molecule has 1 atom stereocenters. The largest absolute Gasteiger partial charge is 0.289 e. The maximum atomic E-state index is 12.5. The molecular weight excluding hydrogens is 298 g/mol. The predicted octanol–water partition coefficient (Wildman–Crippen LogP) is 1.90. The highest BCUT2D eigenvalue weighted by Gasteiger charge is 2.40. The molecule has 0 saturated carbocycles. The van der Waals surface area contributed by atoms with E-state index < -0.39 is 0 Å². The third kappa shape index (κ3) is 3.08. The van der Waals surface area contributed by atoms with Crippen LogP contribution in [0.1, 0.15) is 16.9 Å². The smallest absolute Gasteiger partial charge is 0.247 e. The first-order valence-corrected chi connectivity index (χ1v) is 7.99. The van der Waals surface area contributed by atoms with Crippen molar-refractivity contribution in [3.05, 3.63) is 52.5 Å². The van der Waals surface area contributed by atoms with Crippen LogP contribution in [0.3, 0.4) is 0 Å². The second-order valence-electron chi connectivity index (χ2n) is 5.41. The lowest BCUT2D eigenvalue weighted by Gasteiger charge is -2.22. The zero-order valence-electron chi connectivity index (χ0n) is 12.3. The lowest BCUT2D eigenvalue weighted by atomic mass is 10.2. The van der Waals surface area contributed by atoms with E-state index in [-0.39, 0.29) is 24.3 Å². The Hall–Kier alpha value is -2.05. The number of amides is 2. The first kappa shape index (κ1) is 14.9. The summed E-state index contributed by atoms with van der Waals surface area (Å²) in [6.45, 7) is 0.983. The fraction of sp³-hybridized carbons (Fsp3) is 0.312. The molecule has 1 aliphatic heterocycles. The number of aromatic nitrogens is 1. The van der Waals surface area contributed by atoms with Crippen molar-refractivity contribution in [1.29, 1.82) is 0 Å². The Morgan fingerprint density at radius 3 is 2.77 bits per heavy atom. The molecule has 0 spiro atoms. The summed E-state index contributed by atoms with van der Waals surface area (Å²) < 4.78 is 0. The number of likely N-dealkylation sites (tertiary alicyclic amines) is 1. The van der Waals surface area contributed by atoms with Crippen LogP contribution in [0.2, 0.25) is 0 Å². The number of carbonyl (C=O) groups is 2. The summed E-state index contributed by atoms with van der Waals surface area (Å²) in [4.78, 5) is 33.1. The van der Waals surface area contributed by atoms with E-state index in [9.17, 15) is 9.59 Å². The van der Waals surface area contributed by atoms with Crippen molar-refractivity contribution in [2.45, 2.75) is 25.6 Å². The molecule has 22 heavy (non-hydrogen) atoms. The Bertz CT molecular complexity index is 657. The van der Waals surface area contributed by atoms with Gasteiger partial charge in [0.25, 0.3) is 0 Å². The van der Waals surface area contributed by atoms with Crippen molar-refractivity contribution in [3.63, 3.8) is 0 Å². The Morgan fingerprint density at radius 2 is 2.09 bits per heavy atom. The fourth-order valence-corrected chi connectivity index (χ4v) is 3.28. The van der Waals surface area contributed by atoms with Gasteiger partial charge in [0.15, 0.2) is 0 Å². The van der Waals surface area contributed by atoms with Crippen LogP contribution in [0, 0.1) is 0 Å². The third-order valence-corrected chi connectivity index (χ3v) is 4.59. The molecule has 1 aliphatic rings. The van der Waals surface area contributed by atoms with Crippen LogP contribution in [-0.2, 0) is 22.7 Å². The van der Waals surface area contributed by atoms with Gasteiger partial charge in [-0.1, -0.05) is 30.3 Å². The number of imide groups is 1. The van der Waals surface area contributed by atoms with E-state index in [1.54, 1.807) is 23.0 Å². The highest BCUT2D eigenvalue weighted by atomic mass is 32.1. The van der Waals surface area contributed by atoms with Crippen LogP contribution in [0.15, 0.2) is 42.0 Å². The Labute approximate surface area is 133 Å². The standard InChI is InChI=1S/C16H17N3O2S/c1-18(10-13-8-17-11-22-13)14-7-15(20)19(16(14)21)9-12-5-3-2-4-6-12/h2-6,8,11,14H,7,9-10H2,1H3/t14-/m1/s1. The molecule has 1 aromatic carbocycles. The van der Waals surface area contributed by atoms with Crippen LogP contribution in [0.4, 0.5) is 0 Å². The van der Waals surface area contributed by atoms with E-state index in [1.807, 2.05) is 42.3 Å². The molecule has 2 aromatic rings. The minimum absolute atomic E-state index is 0.102. The summed E-state index contributed by atoms with van der Waals surface area (Å²) in [6.07, 6.45) is 2.05. The molecule has 0 radical (unpaired) electrons. The van der Waals surface area contributed by atoms with E-state index in [4.69, 9.17) is 0 Å². The molecule has 114 valence electrons. The summed E-state index contributed by atoms with van der Waals surface area (Å²) in [7, 11) is 1.88. The molecule has 1 aromatic heterocycles. The third-order valence-electron chi connectivity index (χ3n) is 3.82. The molecular formula is C16H17N3O2S. The summed E-state index contributed by atoms with van der Waals surface area (Å²) in [5.41, 5.74) is 2.74. The summed E-state index contributed by atoms with van der Waals surface area (Å²) in [5, 5.41) is 0. The van der Waals surface area contributed by atoms with E-state index >= 15 is 0 Å². The molecule has 1 saturated heterocycles. The zero-order valence-corrected chi connectivity index (χ0v) is 13.1. The van der Waals surface area contributed by atoms with Gasteiger partial charge in [0, 0.05) is 17.6 Å². The molecule has 2 heterocycles. The second kappa shape index (κ2) is 6.37. The van der Waals surface area contributed by atoms with E-state index in [0.29, 0.717) is 13.1 Å². The zero-order chi connectivity index (χ0) is 15.5. The quantitative estimate of drug-likeness (QED) is 0.791. The fourth-order valence-electron chi connectivity index (χ4n) is 2.62. The van der Waals surface area contributed by atoms with Crippen LogP contribution in [-0.4, -0.2) is 39.7 Å². The SMILES string of the molecule is CN(Cc1cncs1)[C@@H]1CC(=O)N(Cc2ccccc2)C1=O. The highest BCUT2D eigenvalue weighted by Crippen LogP contribution is 2.22. The monoisotopic (exact) mass is 315 g/mol. The first-order valence-electron chi connectivity index (χ1n) is 7.11. The average molecular weight is 315 g/mol. The van der Waals surface area contributed by atoms with Gasteiger partial charge < -0.3 is 0 Å². The number of thiazole rings is 1. The van der Waals surface area contributed by atoms with Gasteiger partial charge in [0.05, 0.1) is 24.5 Å². The number of carbonyl (C=O) groups excluding carboxylic acids is 2. The summed E-state index contributed by atoms with van der Waals surface area (Å²) in [5.74, 6) is -0.212. The number of benzene rings is 1. The molecule has 1 fully saturated rings. The number of hydrogen-bond acceptors (Lipinski definition) is 5. The number of likely N-dealkylation sites (N-methyl/N-ethyl adjacent to an activating group) is 1. The minimum Gasteiger partial charge on any atom is -0.289 e. The molecule has 0 bridgehead atoms. The molecule has 0 unspecified atom stereocenters. The van der Waals surface area contributed by atoms with Crippen molar-refractivity contribution < 1.29 is 9.59 Å². The van der Waals surface area contributed by atoms with Crippen molar-refractivity contribution >= 4 is 23.2 Å². The van der Waals surface area contributed by atoms with Crippen LogP contribution in [0.25, 0.3) is 0 Å². The number of hydrogen-bond donors (Lipinski definition) is 0. The average Bonchev–Trinajstić information content (AvgIpc) is 3.11. The minimum atomic E-state index is -0.377. The van der Waals surface area contributed by atoms with Gasteiger partial charge in [0.2, 0.25) is 11.8 Å². The van der Waals surface area contributed by atoms with E-state index in [0.717, 1.165) is 10.4 Å². The lowest BCUT2D eigenvalue weighted by molar-refractivity contribution is -0.140. The normalized spacial score (nSPS) is 18.5. The van der Waals surface area contributed by atoms with Gasteiger partial charge in [-0.15, -0.1) is 11.3 Å². The molecule has 3 rings (SSSR count). The summed E-state index contributed by atoms with van der Waals surface area (Å²) in [6, 6.07) is 9.21. The predicted molar refractivity (Wildman–Crippen MR) is 84.0 cm³/mol. The van der Waals surface area contributed by atoms with Gasteiger partial charge in [-0.3, -0.25) is 24.4 Å². The van der Waals surface area contributed by atoms with Crippen LogP contribution < -0.4 is 0 Å². The molecule has 5 nitrogen and oxygen atoms in total. The Morgan fingerprint density at radius 1 is 1.32 bits per heavy atom. The Balaban J connectivity index is 1.68. The van der Waals surface area contributed by atoms with Crippen molar-refractivity contribution in [1.82, 2.24) is 14.8 Å². The maximum Gasteiger partial charge on any atom is 0.247 e. The lowest BCUT2D eigenvalue weighted by Crippen LogP contribution is -2.39. The molecule has 0 aliphatic carbocycles. The van der Waals surface area contributed by atoms with Crippen molar-refractivity contribution in [2.75, 3.05) is 7.05 Å². The van der Waals surface area contributed by atoms with Gasteiger partial charge in [-0.25, -0.2) is 0 Å². The van der Waals surface area contributed by atoms with Crippen molar-refractivity contribution in [3.8, 4) is 0 Å². The highest BCUT2D eigenvalue weighted by molar-refractivity contribution is 7.09. The van der Waals surface area contributed by atoms with Gasteiger partial charge in [-0.2, -0.15) is 0 Å². The Kier molecular flexibility index (Phi) is 4.31. The van der Waals surface area contributed by atoms with Crippen molar-refractivity contribution in [2.24, 2.45) is 0 Å². The summed E-state index contributed by atoms with van der Waals surface area (Å²) >= 11 is 1.55. The molecule has 2 amide bonds. The van der Waals surface area contributed by atoms with Gasteiger partial charge in [-0.05, 0) is 12.6 Å². The van der Waals surface area contributed by atoms with Crippen LogP contribution in [0.5, 0.6) is 0 Å². The molecule has 0 N–H and O–H groups in total. The molecule has 6 heteroatoms.